The predicted molar refractivity (Wildman–Crippen MR) is 69.1 cm³/mol. The second-order valence-corrected chi connectivity index (χ2v) is 4.50. The molecule has 2 N–H and O–H groups in total. The van der Waals surface area contributed by atoms with Gasteiger partial charge in [-0.3, -0.25) is 0 Å². The maximum absolute atomic E-state index is 11.4. The van der Waals surface area contributed by atoms with E-state index in [0.717, 1.165) is 12.1 Å². The fraction of sp³-hybridized carbons (Fsp3) is 0.250. The third kappa shape index (κ3) is 2.52. The quantitative estimate of drug-likeness (QED) is 0.839. The van der Waals surface area contributed by atoms with Crippen LogP contribution in [-0.4, -0.2) is 12.6 Å². The summed E-state index contributed by atoms with van der Waals surface area (Å²) in [6.07, 6.45) is 0.941. The van der Waals surface area contributed by atoms with Crippen molar-refractivity contribution in [2.45, 2.75) is 13.3 Å². The van der Waals surface area contributed by atoms with Gasteiger partial charge in [0.1, 0.15) is 0 Å². The minimum atomic E-state index is -0.142. The third-order valence-corrected chi connectivity index (χ3v) is 3.14. The number of hydrogen-bond acceptors (Lipinski definition) is 2. The van der Waals surface area contributed by atoms with Gasteiger partial charge in [-0.2, -0.15) is 0 Å². The van der Waals surface area contributed by atoms with E-state index in [1.165, 1.54) is 10.1 Å². The van der Waals surface area contributed by atoms with Gasteiger partial charge in [-0.1, -0.05) is 6.92 Å². The van der Waals surface area contributed by atoms with Crippen molar-refractivity contribution in [3.8, 4) is 0 Å². The number of carbonyl (C=O) groups excluding carboxylic acids is 1. The van der Waals surface area contributed by atoms with Gasteiger partial charge in [-0.25, -0.2) is 4.79 Å². The minimum Gasteiger partial charge on any atom is -0.338 e. The zero-order chi connectivity index (χ0) is 11.4. The van der Waals surface area contributed by atoms with Crippen LogP contribution in [0.15, 0.2) is 29.6 Å². The summed E-state index contributed by atoms with van der Waals surface area (Å²) in [5.41, 5.74) is 0.833. The van der Waals surface area contributed by atoms with Crippen LogP contribution in [0.25, 0.3) is 10.1 Å². The molecule has 0 aliphatic rings. The second kappa shape index (κ2) is 4.99. The van der Waals surface area contributed by atoms with E-state index in [2.05, 4.69) is 16.7 Å². The number of amides is 2. The fourth-order valence-corrected chi connectivity index (χ4v) is 2.23. The Morgan fingerprint density at radius 3 is 3.06 bits per heavy atom. The van der Waals surface area contributed by atoms with Crippen molar-refractivity contribution >= 4 is 33.1 Å². The average Bonchev–Trinajstić information content (AvgIpc) is 2.73. The summed E-state index contributed by atoms with van der Waals surface area (Å²) in [7, 11) is 0. The number of rotatable bonds is 3. The Kier molecular flexibility index (Phi) is 3.41. The van der Waals surface area contributed by atoms with E-state index in [1.807, 2.05) is 30.5 Å². The van der Waals surface area contributed by atoms with Gasteiger partial charge < -0.3 is 10.6 Å². The van der Waals surface area contributed by atoms with Crippen LogP contribution >= 0.6 is 11.3 Å². The topological polar surface area (TPSA) is 41.1 Å². The first kappa shape index (κ1) is 11.0. The van der Waals surface area contributed by atoms with E-state index in [4.69, 9.17) is 0 Å². The first-order valence-electron chi connectivity index (χ1n) is 5.31. The predicted octanol–water partition coefficient (Wildman–Crippen LogP) is 3.43. The van der Waals surface area contributed by atoms with Crippen LogP contribution in [0, 0.1) is 0 Å². The van der Waals surface area contributed by atoms with Crippen molar-refractivity contribution in [3.05, 3.63) is 29.6 Å². The largest absolute Gasteiger partial charge is 0.338 e. The highest BCUT2D eigenvalue weighted by Crippen LogP contribution is 2.23. The van der Waals surface area contributed by atoms with Crippen molar-refractivity contribution in [2.75, 3.05) is 11.9 Å². The van der Waals surface area contributed by atoms with Crippen molar-refractivity contribution in [1.29, 1.82) is 0 Å². The lowest BCUT2D eigenvalue weighted by Gasteiger charge is -2.06. The number of thiophene rings is 1. The molecular formula is C12H14N2OS. The number of anilines is 1. The van der Waals surface area contributed by atoms with Gasteiger partial charge in [0.2, 0.25) is 0 Å². The van der Waals surface area contributed by atoms with Crippen LogP contribution in [0.1, 0.15) is 13.3 Å². The molecule has 0 radical (unpaired) electrons. The van der Waals surface area contributed by atoms with Gasteiger partial charge in [-0.15, -0.1) is 11.3 Å². The molecule has 0 unspecified atom stereocenters. The van der Waals surface area contributed by atoms with Gasteiger partial charge in [0, 0.05) is 16.9 Å². The van der Waals surface area contributed by atoms with Gasteiger partial charge >= 0.3 is 6.03 Å². The molecule has 0 aliphatic heterocycles. The van der Waals surface area contributed by atoms with Crippen LogP contribution in [0.5, 0.6) is 0 Å². The Morgan fingerprint density at radius 1 is 1.38 bits per heavy atom. The monoisotopic (exact) mass is 234 g/mol. The number of fused-ring (bicyclic) bond motifs is 1. The Balaban J connectivity index is 2.06. The summed E-state index contributed by atoms with van der Waals surface area (Å²) in [5.74, 6) is 0. The Hall–Kier alpha value is -1.55. The highest BCUT2D eigenvalue weighted by molar-refractivity contribution is 7.17. The molecule has 3 nitrogen and oxygen atoms in total. The van der Waals surface area contributed by atoms with Gasteiger partial charge in [0.25, 0.3) is 0 Å². The lowest BCUT2D eigenvalue weighted by Crippen LogP contribution is -2.29. The van der Waals surface area contributed by atoms with Crippen LogP contribution in [0.2, 0.25) is 0 Å². The summed E-state index contributed by atoms with van der Waals surface area (Å²) in [4.78, 5) is 11.4. The van der Waals surface area contributed by atoms with Crippen LogP contribution in [0.4, 0.5) is 10.5 Å². The van der Waals surface area contributed by atoms with E-state index in [9.17, 15) is 4.79 Å². The Morgan fingerprint density at radius 2 is 2.25 bits per heavy atom. The van der Waals surface area contributed by atoms with Crippen molar-refractivity contribution in [1.82, 2.24) is 5.32 Å². The summed E-state index contributed by atoms with van der Waals surface area (Å²) in [6.45, 7) is 2.73. The average molecular weight is 234 g/mol. The second-order valence-electron chi connectivity index (χ2n) is 3.55. The maximum atomic E-state index is 11.4. The minimum absolute atomic E-state index is 0.142. The van der Waals surface area contributed by atoms with Crippen molar-refractivity contribution in [2.24, 2.45) is 0 Å². The molecular weight excluding hydrogens is 220 g/mol. The van der Waals surface area contributed by atoms with E-state index in [0.29, 0.717) is 6.54 Å². The zero-order valence-corrected chi connectivity index (χ0v) is 9.93. The lowest BCUT2D eigenvalue weighted by atomic mass is 10.2. The third-order valence-electron chi connectivity index (χ3n) is 2.25. The maximum Gasteiger partial charge on any atom is 0.319 e. The van der Waals surface area contributed by atoms with Crippen LogP contribution < -0.4 is 10.6 Å². The SMILES string of the molecule is CCCNC(=O)Nc1ccc2sccc2c1. The molecule has 0 fully saturated rings. The molecule has 1 aromatic heterocycles. The van der Waals surface area contributed by atoms with Crippen molar-refractivity contribution < 1.29 is 4.79 Å². The zero-order valence-electron chi connectivity index (χ0n) is 9.12. The molecule has 0 spiro atoms. The molecule has 2 rings (SSSR count). The Bertz CT molecular complexity index is 492. The highest BCUT2D eigenvalue weighted by atomic mass is 32.1. The fourth-order valence-electron chi connectivity index (χ4n) is 1.46. The lowest BCUT2D eigenvalue weighted by molar-refractivity contribution is 0.252. The highest BCUT2D eigenvalue weighted by Gasteiger charge is 2.01. The van der Waals surface area contributed by atoms with E-state index in [1.54, 1.807) is 11.3 Å². The summed E-state index contributed by atoms with van der Waals surface area (Å²) >= 11 is 1.70. The molecule has 2 aromatic rings. The first-order valence-corrected chi connectivity index (χ1v) is 6.19. The first-order chi connectivity index (χ1) is 7.79. The van der Waals surface area contributed by atoms with E-state index < -0.39 is 0 Å². The molecule has 0 aliphatic carbocycles. The molecule has 1 aromatic carbocycles. The summed E-state index contributed by atoms with van der Waals surface area (Å²) in [5, 5.41) is 8.80. The van der Waals surface area contributed by atoms with Gasteiger partial charge in [0.15, 0.2) is 0 Å². The molecule has 0 saturated carbocycles. The molecule has 84 valence electrons. The van der Waals surface area contributed by atoms with Gasteiger partial charge in [-0.05, 0) is 41.5 Å². The smallest absolute Gasteiger partial charge is 0.319 e. The molecule has 0 saturated heterocycles. The number of nitrogens with one attached hydrogen (secondary N) is 2. The number of hydrogen-bond donors (Lipinski definition) is 2. The summed E-state index contributed by atoms with van der Waals surface area (Å²) in [6, 6.07) is 7.84. The summed E-state index contributed by atoms with van der Waals surface area (Å²) < 4.78 is 1.24. The van der Waals surface area contributed by atoms with E-state index >= 15 is 0 Å². The molecule has 0 atom stereocenters. The van der Waals surface area contributed by atoms with Crippen LogP contribution in [0.3, 0.4) is 0 Å². The molecule has 1 heterocycles. The van der Waals surface area contributed by atoms with Crippen LogP contribution in [-0.2, 0) is 0 Å². The van der Waals surface area contributed by atoms with E-state index in [-0.39, 0.29) is 6.03 Å². The number of benzene rings is 1. The molecule has 16 heavy (non-hydrogen) atoms. The molecule has 4 heteroatoms. The molecule has 0 bridgehead atoms. The molecule has 2 amide bonds. The standard InChI is InChI=1S/C12H14N2OS/c1-2-6-13-12(15)14-10-3-4-11-9(8-10)5-7-16-11/h3-5,7-8H,2,6H2,1H3,(H2,13,14,15). The number of carbonyl (C=O) groups is 1. The van der Waals surface area contributed by atoms with Crippen molar-refractivity contribution in [3.63, 3.8) is 0 Å². The van der Waals surface area contributed by atoms with Gasteiger partial charge in [0.05, 0.1) is 0 Å². The number of urea groups is 1. The Labute approximate surface area is 98.5 Å². The normalized spacial score (nSPS) is 10.3.